The molecule has 2 atom stereocenters. The molecule has 1 aromatic carbocycles. The minimum absolute atomic E-state index is 0.253. The van der Waals surface area contributed by atoms with Crippen LogP contribution < -0.4 is 5.32 Å². The monoisotopic (exact) mass is 334 g/mol. The number of carbonyl (C=O) groups is 1. The van der Waals surface area contributed by atoms with Gasteiger partial charge in [0, 0.05) is 18.7 Å². The van der Waals surface area contributed by atoms with E-state index >= 15 is 0 Å². The average Bonchev–Trinajstić information content (AvgIpc) is 2.54. The zero-order valence-electron chi connectivity index (χ0n) is 12.1. The van der Waals surface area contributed by atoms with Gasteiger partial charge in [0.05, 0.1) is 6.42 Å². The van der Waals surface area contributed by atoms with Crippen molar-refractivity contribution in [3.63, 3.8) is 0 Å². The van der Waals surface area contributed by atoms with E-state index in [2.05, 4.69) is 5.32 Å². The summed E-state index contributed by atoms with van der Waals surface area (Å²) in [5.74, 6) is -10.2. The van der Waals surface area contributed by atoms with E-state index < -0.39 is 47.0 Å². The van der Waals surface area contributed by atoms with Crippen LogP contribution in [0.4, 0.5) is 22.0 Å². The van der Waals surface area contributed by atoms with Crippen molar-refractivity contribution in [2.75, 3.05) is 26.2 Å². The third kappa shape index (κ3) is 2.91. The molecule has 126 valence electrons. The first-order chi connectivity index (χ1) is 10.9. The summed E-state index contributed by atoms with van der Waals surface area (Å²) in [4.78, 5) is 13.7. The Morgan fingerprint density at radius 3 is 1.91 bits per heavy atom. The Morgan fingerprint density at radius 2 is 1.39 bits per heavy atom. The molecular formula is C15H15F5N2O. The normalized spacial score (nSPS) is 24.0. The van der Waals surface area contributed by atoms with E-state index in [-0.39, 0.29) is 11.8 Å². The van der Waals surface area contributed by atoms with Crippen molar-refractivity contribution < 1.29 is 26.7 Å². The fraction of sp³-hybridized carbons (Fsp3) is 0.533. The average molecular weight is 334 g/mol. The van der Waals surface area contributed by atoms with Crippen molar-refractivity contribution in [3.05, 3.63) is 34.6 Å². The highest BCUT2D eigenvalue weighted by molar-refractivity contribution is 5.79. The number of amides is 1. The second-order valence-corrected chi connectivity index (χ2v) is 6.15. The van der Waals surface area contributed by atoms with Gasteiger partial charge in [0.2, 0.25) is 11.7 Å². The standard InChI is InChI=1S/C15H15F5N2O/c16-11-9(12(17)14(19)15(20)13(11)18)2-10(23)22-5-7-1-8(6-22)4-21-3-7/h7-8,21H,1-6H2/t7-,8+. The molecule has 1 N–H and O–H groups in total. The summed E-state index contributed by atoms with van der Waals surface area (Å²) in [6.07, 6.45) is 0.137. The van der Waals surface area contributed by atoms with E-state index in [1.165, 1.54) is 4.90 Å². The van der Waals surface area contributed by atoms with Crippen LogP contribution in [0.25, 0.3) is 0 Å². The van der Waals surface area contributed by atoms with E-state index in [0.717, 1.165) is 19.5 Å². The maximum atomic E-state index is 13.7. The molecule has 2 aliphatic rings. The second-order valence-electron chi connectivity index (χ2n) is 6.15. The van der Waals surface area contributed by atoms with Gasteiger partial charge >= 0.3 is 0 Å². The summed E-state index contributed by atoms with van der Waals surface area (Å²) in [6, 6.07) is 0. The van der Waals surface area contributed by atoms with E-state index in [4.69, 9.17) is 0 Å². The number of hydrogen-bond donors (Lipinski definition) is 1. The van der Waals surface area contributed by atoms with Crippen molar-refractivity contribution in [3.8, 4) is 0 Å². The molecule has 0 radical (unpaired) electrons. The van der Waals surface area contributed by atoms with Crippen LogP contribution in [0.5, 0.6) is 0 Å². The molecule has 0 aliphatic carbocycles. The van der Waals surface area contributed by atoms with Crippen LogP contribution in [0.1, 0.15) is 12.0 Å². The number of fused-ring (bicyclic) bond motifs is 2. The van der Waals surface area contributed by atoms with E-state index in [0.29, 0.717) is 13.1 Å². The number of benzene rings is 1. The number of hydrogen-bond acceptors (Lipinski definition) is 2. The van der Waals surface area contributed by atoms with Crippen LogP contribution in [-0.4, -0.2) is 37.0 Å². The zero-order chi connectivity index (χ0) is 16.7. The molecule has 2 fully saturated rings. The Kier molecular flexibility index (Phi) is 4.27. The number of nitrogens with zero attached hydrogens (tertiary/aromatic N) is 1. The molecule has 0 saturated carbocycles. The Balaban J connectivity index is 1.81. The lowest BCUT2D eigenvalue weighted by Crippen LogP contribution is -2.53. The van der Waals surface area contributed by atoms with Crippen molar-refractivity contribution in [2.45, 2.75) is 12.8 Å². The van der Waals surface area contributed by atoms with Crippen molar-refractivity contribution in [1.29, 1.82) is 0 Å². The topological polar surface area (TPSA) is 32.3 Å². The molecule has 2 saturated heterocycles. The fourth-order valence-corrected chi connectivity index (χ4v) is 3.38. The lowest BCUT2D eigenvalue weighted by atomic mass is 9.85. The number of halogens is 5. The smallest absolute Gasteiger partial charge is 0.227 e. The first-order valence-corrected chi connectivity index (χ1v) is 7.37. The van der Waals surface area contributed by atoms with E-state index in [9.17, 15) is 26.7 Å². The largest absolute Gasteiger partial charge is 0.342 e. The van der Waals surface area contributed by atoms with Gasteiger partial charge in [0.1, 0.15) is 0 Å². The van der Waals surface area contributed by atoms with Gasteiger partial charge in [-0.05, 0) is 31.3 Å². The van der Waals surface area contributed by atoms with Crippen LogP contribution in [0.3, 0.4) is 0 Å². The highest BCUT2D eigenvalue weighted by Gasteiger charge is 2.34. The molecule has 1 amide bonds. The third-order valence-electron chi connectivity index (χ3n) is 4.47. The molecule has 2 aliphatic heterocycles. The lowest BCUT2D eigenvalue weighted by molar-refractivity contribution is -0.134. The van der Waals surface area contributed by atoms with E-state index in [1.807, 2.05) is 0 Å². The van der Waals surface area contributed by atoms with Crippen LogP contribution in [0.2, 0.25) is 0 Å². The Labute approximate surface area is 129 Å². The quantitative estimate of drug-likeness (QED) is 0.510. The van der Waals surface area contributed by atoms with E-state index in [1.54, 1.807) is 0 Å². The highest BCUT2D eigenvalue weighted by atomic mass is 19.2. The number of piperidine rings is 2. The summed E-state index contributed by atoms with van der Waals surface area (Å²) >= 11 is 0. The number of carbonyl (C=O) groups excluding carboxylic acids is 1. The predicted octanol–water partition coefficient (Wildman–Crippen LogP) is 1.99. The minimum atomic E-state index is -2.21. The van der Waals surface area contributed by atoms with Crippen LogP contribution >= 0.6 is 0 Å². The predicted molar refractivity (Wildman–Crippen MR) is 71.0 cm³/mol. The number of likely N-dealkylation sites (tertiary alicyclic amines) is 1. The molecule has 1 aromatic rings. The molecular weight excluding hydrogens is 319 g/mol. The minimum Gasteiger partial charge on any atom is -0.342 e. The molecule has 3 nitrogen and oxygen atoms in total. The van der Waals surface area contributed by atoms with Crippen LogP contribution in [0, 0.1) is 40.9 Å². The Hall–Kier alpha value is -1.70. The first-order valence-electron chi connectivity index (χ1n) is 7.37. The summed E-state index contributed by atoms with van der Waals surface area (Å²) in [7, 11) is 0. The number of nitrogens with one attached hydrogen (secondary N) is 1. The van der Waals surface area contributed by atoms with Gasteiger partial charge in [-0.1, -0.05) is 0 Å². The molecule has 0 spiro atoms. The molecule has 0 unspecified atom stereocenters. The van der Waals surface area contributed by atoms with Crippen LogP contribution in [-0.2, 0) is 11.2 Å². The van der Waals surface area contributed by atoms with Crippen LogP contribution in [0.15, 0.2) is 0 Å². The van der Waals surface area contributed by atoms with Crippen molar-refractivity contribution in [1.82, 2.24) is 10.2 Å². The lowest BCUT2D eigenvalue weighted by Gasteiger charge is -2.41. The first kappa shape index (κ1) is 16.2. The van der Waals surface area contributed by atoms with Gasteiger partial charge in [-0.25, -0.2) is 22.0 Å². The highest BCUT2D eigenvalue weighted by Crippen LogP contribution is 2.27. The van der Waals surface area contributed by atoms with Crippen molar-refractivity contribution >= 4 is 5.91 Å². The summed E-state index contributed by atoms with van der Waals surface area (Å²) in [5, 5.41) is 3.24. The van der Waals surface area contributed by atoms with Gasteiger partial charge in [0.25, 0.3) is 0 Å². The molecule has 23 heavy (non-hydrogen) atoms. The Bertz CT molecular complexity index is 610. The number of rotatable bonds is 2. The molecule has 8 heteroatoms. The summed E-state index contributed by atoms with van der Waals surface area (Å²) in [6.45, 7) is 2.36. The fourth-order valence-electron chi connectivity index (χ4n) is 3.38. The van der Waals surface area contributed by atoms with Gasteiger partial charge in [-0.2, -0.15) is 0 Å². The van der Waals surface area contributed by atoms with Gasteiger partial charge < -0.3 is 10.2 Å². The zero-order valence-corrected chi connectivity index (χ0v) is 12.1. The second kappa shape index (κ2) is 6.07. The van der Waals surface area contributed by atoms with Gasteiger partial charge in [0.15, 0.2) is 23.3 Å². The summed E-state index contributed by atoms with van der Waals surface area (Å²) in [5.41, 5.74) is -1.07. The molecule has 2 heterocycles. The Morgan fingerprint density at radius 1 is 0.913 bits per heavy atom. The summed E-state index contributed by atoms with van der Waals surface area (Å²) < 4.78 is 66.7. The maximum Gasteiger partial charge on any atom is 0.227 e. The molecule has 3 rings (SSSR count). The third-order valence-corrected chi connectivity index (χ3v) is 4.47. The van der Waals surface area contributed by atoms with Gasteiger partial charge in [-0.15, -0.1) is 0 Å². The maximum absolute atomic E-state index is 13.7. The van der Waals surface area contributed by atoms with Gasteiger partial charge in [-0.3, -0.25) is 4.79 Å². The molecule has 0 aromatic heterocycles. The molecule has 2 bridgehead atoms. The van der Waals surface area contributed by atoms with Crippen molar-refractivity contribution in [2.24, 2.45) is 11.8 Å². The SMILES string of the molecule is O=C(Cc1c(F)c(F)c(F)c(F)c1F)N1C[C@@H]2CNC[C@@H](C2)C1.